The molecular formula is C32H38N8O9. The van der Waals surface area contributed by atoms with Gasteiger partial charge in [-0.05, 0) is 36.1 Å². The van der Waals surface area contributed by atoms with Crippen molar-refractivity contribution < 1.29 is 38.8 Å². The molecule has 0 unspecified atom stereocenters. The van der Waals surface area contributed by atoms with Gasteiger partial charge in [0.05, 0.1) is 19.0 Å². The summed E-state index contributed by atoms with van der Waals surface area (Å²) in [5.74, 6) is -4.28. The number of carboxylic acids is 1. The van der Waals surface area contributed by atoms with Crippen molar-refractivity contribution in [2.24, 2.45) is 16.6 Å². The number of carbonyl (C=O) groups is 5. The van der Waals surface area contributed by atoms with Gasteiger partial charge in [-0.25, -0.2) is 19.9 Å². The molecule has 8 N–H and O–H groups in total. The minimum Gasteiger partial charge on any atom is -0.489 e. The first-order valence-corrected chi connectivity index (χ1v) is 15.2. The van der Waals surface area contributed by atoms with Crippen molar-refractivity contribution in [3.63, 3.8) is 0 Å². The van der Waals surface area contributed by atoms with Gasteiger partial charge in [-0.3, -0.25) is 19.2 Å². The third-order valence-corrected chi connectivity index (χ3v) is 6.94. The van der Waals surface area contributed by atoms with Crippen molar-refractivity contribution in [1.82, 2.24) is 26.7 Å². The summed E-state index contributed by atoms with van der Waals surface area (Å²) in [6.07, 6.45) is 6.70. The summed E-state index contributed by atoms with van der Waals surface area (Å²) in [7, 11) is 0. The molecule has 3 rings (SSSR count). The molecule has 0 saturated heterocycles. The molecule has 0 radical (unpaired) electrons. The second-order valence-corrected chi connectivity index (χ2v) is 10.7. The van der Waals surface area contributed by atoms with Crippen LogP contribution in [0, 0.1) is 16.0 Å². The van der Waals surface area contributed by atoms with Crippen LogP contribution in [-0.2, 0) is 37.0 Å². The van der Waals surface area contributed by atoms with Gasteiger partial charge in [0.2, 0.25) is 23.6 Å². The predicted molar refractivity (Wildman–Crippen MR) is 176 cm³/mol. The molecule has 2 aromatic rings. The molecule has 17 nitrogen and oxygen atoms in total. The van der Waals surface area contributed by atoms with E-state index in [9.17, 15) is 39.2 Å². The number of allylic oxidation sites excluding steroid dienone is 2. The number of nitrogens with two attached hydrogens (primary N) is 1. The maximum absolute atomic E-state index is 13.3. The fourth-order valence-electron chi connectivity index (χ4n) is 4.44. The zero-order valence-electron chi connectivity index (χ0n) is 26.4. The van der Waals surface area contributed by atoms with E-state index in [1.165, 1.54) is 0 Å². The Bertz CT molecular complexity index is 1550. The van der Waals surface area contributed by atoms with Crippen LogP contribution in [0.5, 0.6) is 5.75 Å². The van der Waals surface area contributed by atoms with Crippen molar-refractivity contribution >= 4 is 35.6 Å². The van der Waals surface area contributed by atoms with E-state index in [4.69, 9.17) is 10.5 Å². The molecule has 0 aromatic heterocycles. The van der Waals surface area contributed by atoms with E-state index in [0.29, 0.717) is 17.9 Å². The Labute approximate surface area is 281 Å². The number of amides is 4. The van der Waals surface area contributed by atoms with E-state index >= 15 is 0 Å². The molecule has 1 aliphatic carbocycles. The number of aliphatic carboxylic acids is 1. The zero-order chi connectivity index (χ0) is 35.6. The lowest BCUT2D eigenvalue weighted by Crippen LogP contribution is -2.54. The third kappa shape index (κ3) is 14.0. The molecule has 0 aliphatic heterocycles. The summed E-state index contributed by atoms with van der Waals surface area (Å²) >= 11 is 0. The number of ether oxygens (including phenoxy) is 1. The normalized spacial score (nSPS) is 13.5. The molecule has 4 amide bonds. The first kappa shape index (κ1) is 37.2. The number of nitrogens with zero attached hydrogens (tertiary/aromatic N) is 2. The van der Waals surface area contributed by atoms with Gasteiger partial charge in [-0.15, -0.1) is 0 Å². The molecule has 17 heteroatoms. The molecule has 0 bridgehead atoms. The Morgan fingerprint density at radius 2 is 1.57 bits per heavy atom. The van der Waals surface area contributed by atoms with Crippen molar-refractivity contribution in [3.8, 4) is 5.75 Å². The largest absolute Gasteiger partial charge is 0.489 e. The van der Waals surface area contributed by atoms with Gasteiger partial charge in [0, 0.05) is 13.0 Å². The van der Waals surface area contributed by atoms with Gasteiger partial charge in [0.25, 0.3) is 5.96 Å². The molecule has 260 valence electrons. The summed E-state index contributed by atoms with van der Waals surface area (Å²) in [5.41, 5.74) is 8.61. The molecule has 0 spiro atoms. The van der Waals surface area contributed by atoms with Crippen molar-refractivity contribution in [2.75, 3.05) is 19.6 Å². The SMILES string of the molecule is NC(=NCCC[C@H](NC(=O)[C@H](Cc1ccc(OCc2ccccc2)cc1)NC(=O)CNC(=O)CNC(=O)C1C=CC=C1)C(=O)O)N[N+](=O)[O-]. The van der Waals surface area contributed by atoms with Crippen LogP contribution in [-0.4, -0.2) is 77.4 Å². The van der Waals surface area contributed by atoms with Crippen LogP contribution < -0.4 is 37.2 Å². The van der Waals surface area contributed by atoms with Crippen LogP contribution in [0.1, 0.15) is 24.0 Å². The monoisotopic (exact) mass is 678 g/mol. The number of hydrogen-bond acceptors (Lipinski definition) is 9. The lowest BCUT2D eigenvalue weighted by molar-refractivity contribution is -0.525. The second-order valence-electron chi connectivity index (χ2n) is 10.7. The lowest BCUT2D eigenvalue weighted by Gasteiger charge is -2.22. The van der Waals surface area contributed by atoms with E-state index in [1.54, 1.807) is 54.0 Å². The van der Waals surface area contributed by atoms with Gasteiger partial charge < -0.3 is 36.8 Å². The smallest absolute Gasteiger partial charge is 0.326 e. The van der Waals surface area contributed by atoms with Crippen molar-refractivity contribution in [1.29, 1.82) is 0 Å². The maximum Gasteiger partial charge on any atom is 0.326 e. The first-order valence-electron chi connectivity index (χ1n) is 15.2. The highest BCUT2D eigenvalue weighted by Crippen LogP contribution is 2.16. The molecule has 1 aliphatic rings. The Morgan fingerprint density at radius 1 is 0.898 bits per heavy atom. The van der Waals surface area contributed by atoms with Gasteiger partial charge in [0.1, 0.15) is 24.4 Å². The van der Waals surface area contributed by atoms with E-state index in [1.807, 2.05) is 30.3 Å². The van der Waals surface area contributed by atoms with Crippen LogP contribution in [0.4, 0.5) is 0 Å². The van der Waals surface area contributed by atoms with E-state index in [0.717, 1.165) is 5.56 Å². The average molecular weight is 679 g/mol. The number of carbonyl (C=O) groups excluding carboxylic acids is 4. The number of rotatable bonds is 19. The van der Waals surface area contributed by atoms with Crippen LogP contribution in [0.15, 0.2) is 83.9 Å². The number of nitrogens with one attached hydrogen (secondary N) is 5. The second kappa shape index (κ2) is 19.4. The third-order valence-electron chi connectivity index (χ3n) is 6.94. The van der Waals surface area contributed by atoms with Gasteiger partial charge in [-0.1, -0.05) is 72.2 Å². The standard InChI is InChI=1S/C32H38N8O9/c33-32(39-40(47)48)34-16-6-11-25(31(45)46)38-30(44)26(17-21-12-14-24(15-13-21)49-20-22-7-2-1-3-8-22)37-28(42)19-35-27(41)18-36-29(43)23-9-4-5-10-23/h1-5,7-10,12-15,23,25-26H,6,11,16-20H2,(H,35,41)(H,36,43)(H,37,42)(H,38,44)(H,45,46)(H3,33,34,39)/t25-,26-/m0/s1. The summed E-state index contributed by atoms with van der Waals surface area (Å²) in [4.78, 5) is 76.6. The molecule has 49 heavy (non-hydrogen) atoms. The molecule has 0 saturated carbocycles. The zero-order valence-corrected chi connectivity index (χ0v) is 26.4. The fraction of sp³-hybridized carbons (Fsp3) is 0.312. The van der Waals surface area contributed by atoms with Gasteiger partial charge in [-0.2, -0.15) is 0 Å². The van der Waals surface area contributed by atoms with Crippen LogP contribution in [0.25, 0.3) is 0 Å². The van der Waals surface area contributed by atoms with E-state index in [-0.39, 0.29) is 38.3 Å². The summed E-state index contributed by atoms with van der Waals surface area (Å²) < 4.78 is 5.80. The molecule has 2 aromatic carbocycles. The highest BCUT2D eigenvalue weighted by Gasteiger charge is 2.27. The van der Waals surface area contributed by atoms with Gasteiger partial charge >= 0.3 is 5.97 Å². The lowest BCUT2D eigenvalue weighted by atomic mass is 10.0. The van der Waals surface area contributed by atoms with Crippen LogP contribution >= 0.6 is 0 Å². The highest BCUT2D eigenvalue weighted by molar-refractivity contribution is 5.93. The number of hydrogen-bond donors (Lipinski definition) is 7. The highest BCUT2D eigenvalue weighted by atomic mass is 16.7. The van der Waals surface area contributed by atoms with Gasteiger partial charge in [0.15, 0.2) is 5.03 Å². The number of hydrazine groups is 1. The number of benzene rings is 2. The quantitative estimate of drug-likeness (QED) is 0.0334. The van der Waals surface area contributed by atoms with Crippen LogP contribution in [0.2, 0.25) is 0 Å². The minimum atomic E-state index is -1.38. The van der Waals surface area contributed by atoms with Crippen molar-refractivity contribution in [2.45, 2.75) is 38.0 Å². The Morgan fingerprint density at radius 3 is 2.22 bits per heavy atom. The summed E-state index contributed by atoms with van der Waals surface area (Å²) in [6.45, 7) is -0.607. The predicted octanol–water partition coefficient (Wildman–Crippen LogP) is -0.287. The number of carboxylic acid groups (broad SMARTS) is 1. The molecule has 0 heterocycles. The summed E-state index contributed by atoms with van der Waals surface area (Å²) in [6, 6.07) is 13.7. The fourth-order valence-corrected chi connectivity index (χ4v) is 4.44. The topological polar surface area (TPSA) is 256 Å². The van der Waals surface area contributed by atoms with Crippen molar-refractivity contribution in [3.05, 3.63) is 100 Å². The minimum absolute atomic E-state index is 0.0390. The number of guanidine groups is 1. The molecule has 2 atom stereocenters. The van der Waals surface area contributed by atoms with E-state index < -0.39 is 59.2 Å². The summed E-state index contributed by atoms with van der Waals surface area (Å²) in [5, 5.41) is 29.0. The Kier molecular flexibility index (Phi) is 14.7. The average Bonchev–Trinajstić information content (AvgIpc) is 3.62. The Balaban J connectivity index is 1.61. The molecule has 0 fully saturated rings. The number of nitro groups is 1. The van der Waals surface area contributed by atoms with Crippen LogP contribution in [0.3, 0.4) is 0 Å². The number of aliphatic imine (C=N–C) groups is 1. The van der Waals surface area contributed by atoms with E-state index in [2.05, 4.69) is 26.3 Å². The Hall–Kier alpha value is -6.26. The first-order chi connectivity index (χ1) is 23.5. The molecular weight excluding hydrogens is 640 g/mol. The maximum atomic E-state index is 13.3.